The molecule has 1 aliphatic rings. The number of fused-ring (bicyclic) bond motifs is 1. The number of aromatic nitrogens is 1. The van der Waals surface area contributed by atoms with E-state index in [0.717, 1.165) is 17.0 Å². The van der Waals surface area contributed by atoms with E-state index in [1.807, 2.05) is 20.8 Å². The van der Waals surface area contributed by atoms with Gasteiger partial charge in [0, 0.05) is 17.0 Å². The minimum atomic E-state index is -0.226. The smallest absolute Gasteiger partial charge is 0.339 e. The Kier molecular flexibility index (Phi) is 1.62. The first kappa shape index (κ1) is 8.23. The van der Waals surface area contributed by atoms with Crippen molar-refractivity contribution >= 4 is 5.97 Å². The molecule has 13 heavy (non-hydrogen) atoms. The molecule has 0 spiro atoms. The standard InChI is InChI=1S/C10H11NO2/c1-5-4-8-9(6(2)11-5)7(3)13-10(8)12/h4,7H,1-3H3. The van der Waals surface area contributed by atoms with Gasteiger partial charge in [-0.1, -0.05) is 0 Å². The summed E-state index contributed by atoms with van der Waals surface area (Å²) in [5.74, 6) is -0.226. The second-order valence-electron chi connectivity index (χ2n) is 3.36. The van der Waals surface area contributed by atoms with Crippen molar-refractivity contribution in [3.8, 4) is 0 Å². The largest absolute Gasteiger partial charge is 0.454 e. The zero-order chi connectivity index (χ0) is 9.59. The van der Waals surface area contributed by atoms with Crippen LogP contribution in [0.25, 0.3) is 0 Å². The number of aryl methyl sites for hydroxylation is 2. The molecule has 1 aromatic rings. The van der Waals surface area contributed by atoms with Gasteiger partial charge in [0.2, 0.25) is 0 Å². The van der Waals surface area contributed by atoms with Crippen LogP contribution in [0.2, 0.25) is 0 Å². The fourth-order valence-corrected chi connectivity index (χ4v) is 1.80. The Morgan fingerprint density at radius 2 is 2.15 bits per heavy atom. The second kappa shape index (κ2) is 2.55. The summed E-state index contributed by atoms with van der Waals surface area (Å²) < 4.78 is 5.09. The lowest BCUT2D eigenvalue weighted by molar-refractivity contribution is 0.0421. The van der Waals surface area contributed by atoms with Gasteiger partial charge in [-0.25, -0.2) is 4.79 Å². The van der Waals surface area contributed by atoms with Crippen LogP contribution in [0.3, 0.4) is 0 Å². The van der Waals surface area contributed by atoms with Gasteiger partial charge in [-0.3, -0.25) is 4.98 Å². The zero-order valence-corrected chi connectivity index (χ0v) is 7.92. The Balaban J connectivity index is 2.69. The molecule has 3 nitrogen and oxygen atoms in total. The average molecular weight is 177 g/mol. The molecule has 68 valence electrons. The maximum Gasteiger partial charge on any atom is 0.339 e. The van der Waals surface area contributed by atoms with Crippen molar-refractivity contribution in [3.05, 3.63) is 28.6 Å². The number of nitrogens with zero attached hydrogens (tertiary/aromatic N) is 1. The predicted molar refractivity (Wildman–Crippen MR) is 47.5 cm³/mol. The Morgan fingerprint density at radius 1 is 1.46 bits per heavy atom. The molecule has 3 heteroatoms. The molecule has 0 N–H and O–H groups in total. The van der Waals surface area contributed by atoms with Crippen LogP contribution in [0.4, 0.5) is 0 Å². The second-order valence-corrected chi connectivity index (χ2v) is 3.36. The number of carbonyl (C=O) groups is 1. The highest BCUT2D eigenvalue weighted by Gasteiger charge is 2.30. The number of hydrogen-bond donors (Lipinski definition) is 0. The highest BCUT2D eigenvalue weighted by molar-refractivity contribution is 5.94. The summed E-state index contributed by atoms with van der Waals surface area (Å²) in [6, 6.07) is 1.79. The van der Waals surface area contributed by atoms with Gasteiger partial charge in [-0.15, -0.1) is 0 Å². The van der Waals surface area contributed by atoms with Gasteiger partial charge in [-0.05, 0) is 26.8 Å². The summed E-state index contributed by atoms with van der Waals surface area (Å²) in [5, 5.41) is 0. The Morgan fingerprint density at radius 3 is 2.85 bits per heavy atom. The highest BCUT2D eigenvalue weighted by atomic mass is 16.5. The van der Waals surface area contributed by atoms with Crippen LogP contribution in [0.15, 0.2) is 6.07 Å². The van der Waals surface area contributed by atoms with Crippen molar-refractivity contribution in [2.45, 2.75) is 26.9 Å². The van der Waals surface area contributed by atoms with Gasteiger partial charge < -0.3 is 4.74 Å². The third kappa shape index (κ3) is 1.11. The molecule has 0 fully saturated rings. The van der Waals surface area contributed by atoms with Crippen molar-refractivity contribution in [3.63, 3.8) is 0 Å². The fraction of sp³-hybridized carbons (Fsp3) is 0.400. The molecule has 2 heterocycles. The number of esters is 1. The molecule has 2 rings (SSSR count). The first-order chi connectivity index (χ1) is 6.09. The maximum absolute atomic E-state index is 11.3. The van der Waals surface area contributed by atoms with E-state index in [2.05, 4.69) is 4.98 Å². The summed E-state index contributed by atoms with van der Waals surface area (Å²) in [6.45, 7) is 5.65. The molecule has 0 bridgehead atoms. The van der Waals surface area contributed by atoms with E-state index in [-0.39, 0.29) is 12.1 Å². The Labute approximate surface area is 76.7 Å². The van der Waals surface area contributed by atoms with Crippen molar-refractivity contribution in [2.24, 2.45) is 0 Å². The fourth-order valence-electron chi connectivity index (χ4n) is 1.80. The average Bonchev–Trinajstić information content (AvgIpc) is 2.27. The molecule has 0 amide bonds. The number of pyridine rings is 1. The summed E-state index contributed by atoms with van der Waals surface area (Å²) in [7, 11) is 0. The SMILES string of the molecule is Cc1cc2c(c(C)n1)C(C)OC2=O. The topological polar surface area (TPSA) is 39.2 Å². The van der Waals surface area contributed by atoms with E-state index < -0.39 is 0 Å². The Hall–Kier alpha value is -1.38. The summed E-state index contributed by atoms with van der Waals surface area (Å²) >= 11 is 0. The first-order valence-corrected chi connectivity index (χ1v) is 4.28. The lowest BCUT2D eigenvalue weighted by atomic mass is 10.0. The van der Waals surface area contributed by atoms with Gasteiger partial charge in [0.05, 0.1) is 5.56 Å². The predicted octanol–water partition coefficient (Wildman–Crippen LogP) is 1.93. The molecule has 1 aliphatic heterocycles. The van der Waals surface area contributed by atoms with Crippen LogP contribution in [0.1, 0.15) is 40.3 Å². The number of carbonyl (C=O) groups excluding carboxylic acids is 1. The monoisotopic (exact) mass is 177 g/mol. The molecule has 0 saturated heterocycles. The number of ether oxygens (including phenoxy) is 1. The quantitative estimate of drug-likeness (QED) is 0.568. The third-order valence-corrected chi connectivity index (χ3v) is 2.29. The van der Waals surface area contributed by atoms with Crippen LogP contribution in [0.5, 0.6) is 0 Å². The number of cyclic esters (lactones) is 1. The zero-order valence-electron chi connectivity index (χ0n) is 7.92. The normalized spacial score (nSPS) is 19.9. The molecule has 1 aromatic heterocycles. The van der Waals surface area contributed by atoms with Gasteiger partial charge >= 0.3 is 5.97 Å². The van der Waals surface area contributed by atoms with Gasteiger partial charge in [0.25, 0.3) is 0 Å². The molecule has 0 saturated carbocycles. The minimum Gasteiger partial charge on any atom is -0.454 e. The number of hydrogen-bond acceptors (Lipinski definition) is 3. The molecule has 0 aliphatic carbocycles. The molecule has 0 aromatic carbocycles. The molecular formula is C10H11NO2. The summed E-state index contributed by atoms with van der Waals surface area (Å²) in [5.41, 5.74) is 3.38. The first-order valence-electron chi connectivity index (χ1n) is 4.28. The van der Waals surface area contributed by atoms with Gasteiger partial charge in [-0.2, -0.15) is 0 Å². The number of rotatable bonds is 0. The maximum atomic E-state index is 11.3. The highest BCUT2D eigenvalue weighted by Crippen LogP contribution is 2.31. The third-order valence-electron chi connectivity index (χ3n) is 2.29. The van der Waals surface area contributed by atoms with Crippen LogP contribution in [-0.2, 0) is 4.74 Å². The lowest BCUT2D eigenvalue weighted by Gasteiger charge is -2.05. The van der Waals surface area contributed by atoms with E-state index in [1.165, 1.54) is 0 Å². The Bertz CT molecular complexity index is 385. The van der Waals surface area contributed by atoms with Crippen molar-refractivity contribution in [2.75, 3.05) is 0 Å². The minimum absolute atomic E-state index is 0.143. The van der Waals surface area contributed by atoms with Crippen molar-refractivity contribution < 1.29 is 9.53 Å². The van der Waals surface area contributed by atoms with Crippen molar-refractivity contribution in [1.82, 2.24) is 4.98 Å². The van der Waals surface area contributed by atoms with Gasteiger partial charge in [0.15, 0.2) is 0 Å². The molecular weight excluding hydrogens is 166 g/mol. The lowest BCUT2D eigenvalue weighted by Crippen LogP contribution is -1.98. The van der Waals surface area contributed by atoms with Crippen molar-refractivity contribution in [1.29, 1.82) is 0 Å². The van der Waals surface area contributed by atoms with Gasteiger partial charge in [0.1, 0.15) is 6.10 Å². The van der Waals surface area contributed by atoms with E-state index >= 15 is 0 Å². The van der Waals surface area contributed by atoms with Crippen LogP contribution < -0.4 is 0 Å². The van der Waals surface area contributed by atoms with Crippen LogP contribution in [0, 0.1) is 13.8 Å². The van der Waals surface area contributed by atoms with Crippen LogP contribution in [-0.4, -0.2) is 11.0 Å². The molecule has 1 atom stereocenters. The molecule has 1 unspecified atom stereocenters. The van der Waals surface area contributed by atoms with E-state index in [0.29, 0.717) is 5.56 Å². The molecule has 0 radical (unpaired) electrons. The summed E-state index contributed by atoms with van der Waals surface area (Å²) in [6.07, 6.45) is -0.143. The summed E-state index contributed by atoms with van der Waals surface area (Å²) in [4.78, 5) is 15.6. The van der Waals surface area contributed by atoms with E-state index in [9.17, 15) is 4.79 Å². The van der Waals surface area contributed by atoms with E-state index in [1.54, 1.807) is 6.07 Å². The van der Waals surface area contributed by atoms with Crippen LogP contribution >= 0.6 is 0 Å². The van der Waals surface area contributed by atoms with E-state index in [4.69, 9.17) is 4.74 Å².